The summed E-state index contributed by atoms with van der Waals surface area (Å²) < 4.78 is 5.48. The van der Waals surface area contributed by atoms with Crippen LogP contribution >= 0.6 is 0 Å². The molecular formula is C6H12N2O. The zero-order valence-corrected chi connectivity index (χ0v) is 5.39. The zero-order chi connectivity index (χ0) is 6.10. The van der Waals surface area contributed by atoms with Crippen LogP contribution in [0.1, 0.15) is 0 Å². The Bertz CT molecular complexity index is 95.2. The van der Waals surface area contributed by atoms with Crippen molar-refractivity contribution >= 4 is 0 Å². The summed E-state index contributed by atoms with van der Waals surface area (Å²) in [5.74, 6) is 0. The van der Waals surface area contributed by atoms with E-state index in [0.29, 0.717) is 12.1 Å². The second-order valence-corrected chi connectivity index (χ2v) is 2.63. The van der Waals surface area contributed by atoms with E-state index in [1.165, 1.54) is 0 Å². The summed E-state index contributed by atoms with van der Waals surface area (Å²) >= 11 is 0. The Kier molecular flexibility index (Phi) is 1.41. The zero-order valence-electron chi connectivity index (χ0n) is 5.39. The third kappa shape index (κ3) is 0.956. The van der Waals surface area contributed by atoms with Crippen LogP contribution in [0.4, 0.5) is 0 Å². The Morgan fingerprint density at radius 3 is 3.22 bits per heavy atom. The van der Waals surface area contributed by atoms with Crippen LogP contribution in [-0.4, -0.2) is 38.4 Å². The fourth-order valence-corrected chi connectivity index (χ4v) is 1.49. The predicted molar refractivity (Wildman–Crippen MR) is 34.4 cm³/mol. The van der Waals surface area contributed by atoms with Crippen LogP contribution in [0.3, 0.4) is 0 Å². The molecule has 0 aliphatic carbocycles. The van der Waals surface area contributed by atoms with Crippen molar-refractivity contribution in [3.8, 4) is 0 Å². The lowest BCUT2D eigenvalue weighted by Gasteiger charge is -2.25. The van der Waals surface area contributed by atoms with Gasteiger partial charge in [0.1, 0.15) is 0 Å². The standard InChI is InChI=1S/C6H12N2O/c1-2-9-6-4-7-3-5(6)8-1/h5-8H,1-4H2/t5-,6?/m1/s1. The number of morpholine rings is 1. The Morgan fingerprint density at radius 1 is 1.33 bits per heavy atom. The second-order valence-electron chi connectivity index (χ2n) is 2.63. The summed E-state index contributed by atoms with van der Waals surface area (Å²) in [5.41, 5.74) is 0. The second kappa shape index (κ2) is 2.25. The van der Waals surface area contributed by atoms with Crippen molar-refractivity contribution in [1.82, 2.24) is 10.6 Å². The Hall–Kier alpha value is -0.120. The highest BCUT2D eigenvalue weighted by Gasteiger charge is 2.29. The van der Waals surface area contributed by atoms with Crippen LogP contribution in [0.5, 0.6) is 0 Å². The normalized spacial score (nSPS) is 42.7. The predicted octanol–water partition coefficient (Wildman–Crippen LogP) is -1.05. The van der Waals surface area contributed by atoms with Gasteiger partial charge in [0.25, 0.3) is 0 Å². The van der Waals surface area contributed by atoms with Gasteiger partial charge in [0.15, 0.2) is 0 Å². The molecule has 2 aliphatic rings. The first kappa shape index (κ1) is 5.65. The van der Waals surface area contributed by atoms with Crippen molar-refractivity contribution < 1.29 is 4.74 Å². The summed E-state index contributed by atoms with van der Waals surface area (Å²) in [4.78, 5) is 0. The van der Waals surface area contributed by atoms with Gasteiger partial charge in [-0.2, -0.15) is 0 Å². The number of nitrogens with one attached hydrogen (secondary N) is 2. The molecule has 2 atom stereocenters. The number of hydrogen-bond acceptors (Lipinski definition) is 3. The quantitative estimate of drug-likeness (QED) is 0.436. The molecule has 0 aromatic rings. The van der Waals surface area contributed by atoms with Crippen LogP contribution in [0.25, 0.3) is 0 Å². The van der Waals surface area contributed by atoms with Gasteiger partial charge in [0, 0.05) is 25.7 Å². The minimum atomic E-state index is 0.443. The van der Waals surface area contributed by atoms with Gasteiger partial charge in [-0.3, -0.25) is 0 Å². The van der Waals surface area contributed by atoms with Gasteiger partial charge in [-0.15, -0.1) is 0 Å². The monoisotopic (exact) mass is 128 g/mol. The molecule has 3 nitrogen and oxygen atoms in total. The molecule has 0 spiro atoms. The van der Waals surface area contributed by atoms with Gasteiger partial charge in [0.2, 0.25) is 0 Å². The smallest absolute Gasteiger partial charge is 0.0865 e. The van der Waals surface area contributed by atoms with Crippen LogP contribution in [0, 0.1) is 0 Å². The van der Waals surface area contributed by atoms with Crippen molar-refractivity contribution in [2.45, 2.75) is 12.1 Å². The molecule has 0 bridgehead atoms. The molecule has 2 heterocycles. The highest BCUT2D eigenvalue weighted by molar-refractivity contribution is 4.89. The third-order valence-electron chi connectivity index (χ3n) is 2.00. The van der Waals surface area contributed by atoms with E-state index in [9.17, 15) is 0 Å². The van der Waals surface area contributed by atoms with Crippen LogP contribution in [0.2, 0.25) is 0 Å². The lowest BCUT2D eigenvalue weighted by molar-refractivity contribution is 0.0207. The molecule has 52 valence electrons. The van der Waals surface area contributed by atoms with Crippen molar-refractivity contribution in [2.24, 2.45) is 0 Å². The average molecular weight is 128 g/mol. The summed E-state index contributed by atoms with van der Waals surface area (Å²) in [6, 6.07) is 0.582. The molecule has 2 N–H and O–H groups in total. The average Bonchev–Trinajstić information content (AvgIpc) is 2.33. The Morgan fingerprint density at radius 2 is 2.33 bits per heavy atom. The fourth-order valence-electron chi connectivity index (χ4n) is 1.49. The number of hydrogen-bond donors (Lipinski definition) is 2. The number of ether oxygens (including phenoxy) is 1. The maximum atomic E-state index is 5.48. The maximum absolute atomic E-state index is 5.48. The van der Waals surface area contributed by atoms with E-state index in [0.717, 1.165) is 26.2 Å². The van der Waals surface area contributed by atoms with E-state index in [4.69, 9.17) is 4.74 Å². The van der Waals surface area contributed by atoms with Gasteiger partial charge < -0.3 is 15.4 Å². The van der Waals surface area contributed by atoms with Crippen molar-refractivity contribution in [3.05, 3.63) is 0 Å². The van der Waals surface area contributed by atoms with Crippen LogP contribution in [0.15, 0.2) is 0 Å². The summed E-state index contributed by atoms with van der Waals surface area (Å²) in [6.07, 6.45) is 0.443. The van der Waals surface area contributed by atoms with Gasteiger partial charge in [-0.1, -0.05) is 0 Å². The van der Waals surface area contributed by atoms with E-state index in [-0.39, 0.29) is 0 Å². The summed E-state index contributed by atoms with van der Waals surface area (Å²) in [6.45, 7) is 3.99. The SMILES string of the molecule is C1COC2CNC[C@H]2N1. The first-order valence-electron chi connectivity index (χ1n) is 3.52. The molecule has 1 unspecified atom stereocenters. The van der Waals surface area contributed by atoms with E-state index in [2.05, 4.69) is 10.6 Å². The molecule has 0 aromatic heterocycles. The fraction of sp³-hybridized carbons (Fsp3) is 1.00. The molecule has 0 saturated carbocycles. The molecule has 0 aromatic carbocycles. The van der Waals surface area contributed by atoms with Crippen molar-refractivity contribution in [3.63, 3.8) is 0 Å². The van der Waals surface area contributed by atoms with E-state index in [1.807, 2.05) is 0 Å². The summed E-state index contributed by atoms with van der Waals surface area (Å²) in [5, 5.41) is 6.67. The topological polar surface area (TPSA) is 33.3 Å². The molecule has 2 saturated heterocycles. The van der Waals surface area contributed by atoms with Crippen molar-refractivity contribution in [1.29, 1.82) is 0 Å². The Labute approximate surface area is 54.8 Å². The summed E-state index contributed by atoms with van der Waals surface area (Å²) in [7, 11) is 0. The molecule has 0 radical (unpaired) electrons. The lowest BCUT2D eigenvalue weighted by atomic mass is 10.2. The first-order chi connectivity index (χ1) is 4.47. The lowest BCUT2D eigenvalue weighted by Crippen LogP contribution is -2.47. The molecular weight excluding hydrogens is 116 g/mol. The van der Waals surface area contributed by atoms with Gasteiger partial charge in [-0.05, 0) is 0 Å². The maximum Gasteiger partial charge on any atom is 0.0865 e. The van der Waals surface area contributed by atoms with E-state index < -0.39 is 0 Å². The molecule has 0 amide bonds. The van der Waals surface area contributed by atoms with Crippen LogP contribution < -0.4 is 10.6 Å². The largest absolute Gasteiger partial charge is 0.374 e. The number of fused-ring (bicyclic) bond motifs is 1. The minimum Gasteiger partial charge on any atom is -0.374 e. The van der Waals surface area contributed by atoms with E-state index >= 15 is 0 Å². The first-order valence-corrected chi connectivity index (χ1v) is 3.52. The Balaban J connectivity index is 1.97. The van der Waals surface area contributed by atoms with Gasteiger partial charge in [-0.25, -0.2) is 0 Å². The molecule has 2 aliphatic heterocycles. The minimum absolute atomic E-state index is 0.443. The molecule has 2 rings (SSSR count). The molecule has 2 fully saturated rings. The highest BCUT2D eigenvalue weighted by Crippen LogP contribution is 2.07. The van der Waals surface area contributed by atoms with Gasteiger partial charge in [0.05, 0.1) is 12.7 Å². The number of rotatable bonds is 0. The molecule has 3 heteroatoms. The van der Waals surface area contributed by atoms with Gasteiger partial charge >= 0.3 is 0 Å². The third-order valence-corrected chi connectivity index (χ3v) is 2.00. The van der Waals surface area contributed by atoms with Crippen LogP contribution in [-0.2, 0) is 4.74 Å². The van der Waals surface area contributed by atoms with Crippen molar-refractivity contribution in [2.75, 3.05) is 26.2 Å². The highest BCUT2D eigenvalue weighted by atomic mass is 16.5. The molecule has 9 heavy (non-hydrogen) atoms. The van der Waals surface area contributed by atoms with E-state index in [1.54, 1.807) is 0 Å².